The molecule has 1 unspecified atom stereocenters. The molecule has 2 aromatic rings. The molecule has 1 fully saturated rings. The zero-order chi connectivity index (χ0) is 24.7. The van der Waals surface area contributed by atoms with Crippen molar-refractivity contribution in [3.05, 3.63) is 59.7 Å². The molecule has 9 nitrogen and oxygen atoms in total. The number of aliphatic hydroxyl groups is 4. The van der Waals surface area contributed by atoms with Crippen molar-refractivity contribution < 1.29 is 44.9 Å². The smallest absolute Gasteiger partial charge is 0.184 e. The highest BCUT2D eigenvalue weighted by Gasteiger charge is 2.43. The molecule has 1 aliphatic heterocycles. The summed E-state index contributed by atoms with van der Waals surface area (Å²) in [4.78, 5) is 12.7. The predicted octanol–water partition coefficient (Wildman–Crippen LogP) is 0.807. The molecule has 186 valence electrons. The van der Waals surface area contributed by atoms with Gasteiger partial charge < -0.3 is 40.1 Å². The summed E-state index contributed by atoms with van der Waals surface area (Å²) < 4.78 is 11.0. The van der Waals surface area contributed by atoms with Gasteiger partial charge in [-0.1, -0.05) is 24.3 Å². The highest BCUT2D eigenvalue weighted by molar-refractivity contribution is 5.79. The molecule has 3 rings (SSSR count). The molecule has 1 heterocycles. The van der Waals surface area contributed by atoms with Crippen molar-refractivity contribution in [2.45, 2.75) is 68.9 Å². The Morgan fingerprint density at radius 3 is 1.97 bits per heavy atom. The van der Waals surface area contributed by atoms with Crippen LogP contribution in [0.2, 0.25) is 0 Å². The van der Waals surface area contributed by atoms with Crippen molar-refractivity contribution in [1.29, 1.82) is 0 Å². The zero-order valence-electron chi connectivity index (χ0n) is 18.7. The Labute approximate surface area is 197 Å². The SMILES string of the molecule is O=C(CCc1ccc(O)cc1)CC(CCc1ccc(O)cc1)OC[C@H]1O[C@@H](O)[C@H](O)[C@@H](O)[C@@H]1O. The van der Waals surface area contributed by atoms with Crippen LogP contribution in [-0.4, -0.2) is 79.8 Å². The Morgan fingerprint density at radius 1 is 0.824 bits per heavy atom. The van der Waals surface area contributed by atoms with Crippen molar-refractivity contribution in [3.8, 4) is 11.5 Å². The fourth-order valence-corrected chi connectivity index (χ4v) is 3.84. The number of phenolic OH excluding ortho intramolecular Hbond substituents is 2. The molecule has 1 aliphatic rings. The number of Topliss-reactive ketones (excluding diaryl/α,β-unsaturated/α-hetero) is 1. The maximum atomic E-state index is 12.7. The number of carbonyl (C=O) groups is 1. The number of hydrogen-bond donors (Lipinski definition) is 6. The van der Waals surface area contributed by atoms with Crippen molar-refractivity contribution in [1.82, 2.24) is 0 Å². The molecule has 1 saturated heterocycles. The first-order valence-corrected chi connectivity index (χ1v) is 11.3. The Kier molecular flexibility index (Phi) is 9.40. The van der Waals surface area contributed by atoms with Crippen LogP contribution in [0.1, 0.15) is 30.4 Å². The van der Waals surface area contributed by atoms with E-state index in [0.29, 0.717) is 19.3 Å². The summed E-state index contributed by atoms with van der Waals surface area (Å²) in [5.74, 6) is 0.292. The second-order valence-corrected chi connectivity index (χ2v) is 8.61. The van der Waals surface area contributed by atoms with E-state index >= 15 is 0 Å². The molecule has 0 amide bonds. The van der Waals surface area contributed by atoms with Gasteiger partial charge >= 0.3 is 0 Å². The molecule has 9 heteroatoms. The van der Waals surface area contributed by atoms with Crippen LogP contribution in [0.5, 0.6) is 11.5 Å². The van der Waals surface area contributed by atoms with Gasteiger partial charge in [-0.25, -0.2) is 0 Å². The van der Waals surface area contributed by atoms with Crippen LogP contribution in [0.25, 0.3) is 0 Å². The Bertz CT molecular complexity index is 900. The number of aryl methyl sites for hydroxylation is 2. The lowest BCUT2D eigenvalue weighted by Crippen LogP contribution is -2.58. The Morgan fingerprint density at radius 2 is 1.38 bits per heavy atom. The van der Waals surface area contributed by atoms with Crippen molar-refractivity contribution >= 4 is 5.78 Å². The van der Waals surface area contributed by atoms with Gasteiger partial charge in [0.15, 0.2) is 6.29 Å². The molecule has 2 aromatic carbocycles. The van der Waals surface area contributed by atoms with Crippen LogP contribution in [0.3, 0.4) is 0 Å². The van der Waals surface area contributed by atoms with E-state index in [4.69, 9.17) is 9.47 Å². The van der Waals surface area contributed by atoms with Gasteiger partial charge in [-0.3, -0.25) is 4.79 Å². The molecule has 34 heavy (non-hydrogen) atoms. The Hall–Kier alpha value is -2.53. The molecule has 0 spiro atoms. The second-order valence-electron chi connectivity index (χ2n) is 8.61. The number of ether oxygens (including phenoxy) is 2. The number of benzene rings is 2. The van der Waals surface area contributed by atoms with Gasteiger partial charge in [-0.15, -0.1) is 0 Å². The number of aromatic hydroxyl groups is 2. The van der Waals surface area contributed by atoms with E-state index in [2.05, 4.69) is 0 Å². The van der Waals surface area contributed by atoms with Crippen LogP contribution < -0.4 is 0 Å². The van der Waals surface area contributed by atoms with Gasteiger partial charge in [-0.2, -0.15) is 0 Å². The standard InChI is InChI=1S/C25H32O9/c26-17-7-1-15(2-8-17)5-11-19(28)13-20(12-6-16-3-9-18(27)10-4-16)33-14-21-22(29)23(30)24(31)25(32)34-21/h1-4,7-10,20-27,29-32H,5-6,11-14H2/t20?,21-,22-,23+,24-,25-/m1/s1. The molecule has 0 radical (unpaired) electrons. The number of aliphatic hydroxyl groups excluding tert-OH is 4. The molecule has 0 aromatic heterocycles. The predicted molar refractivity (Wildman–Crippen MR) is 121 cm³/mol. The number of ketones is 1. The third-order valence-electron chi connectivity index (χ3n) is 5.96. The van der Waals surface area contributed by atoms with E-state index in [-0.39, 0.29) is 36.7 Å². The third-order valence-corrected chi connectivity index (χ3v) is 5.96. The normalized spacial score (nSPS) is 25.7. The van der Waals surface area contributed by atoms with Crippen molar-refractivity contribution in [3.63, 3.8) is 0 Å². The molecule has 0 saturated carbocycles. The molecule has 6 N–H and O–H groups in total. The first kappa shape index (κ1) is 26.1. The topological polar surface area (TPSA) is 157 Å². The van der Waals surface area contributed by atoms with Crippen molar-refractivity contribution in [2.24, 2.45) is 0 Å². The number of hydrogen-bond acceptors (Lipinski definition) is 9. The van der Waals surface area contributed by atoms with E-state index < -0.39 is 36.8 Å². The van der Waals surface area contributed by atoms with Crippen LogP contribution in [0.15, 0.2) is 48.5 Å². The van der Waals surface area contributed by atoms with Gasteiger partial charge in [-0.05, 0) is 54.7 Å². The van der Waals surface area contributed by atoms with Gasteiger partial charge in [0.05, 0.1) is 12.7 Å². The first-order valence-electron chi connectivity index (χ1n) is 11.3. The lowest BCUT2D eigenvalue weighted by molar-refractivity contribution is -0.290. The maximum absolute atomic E-state index is 12.7. The minimum atomic E-state index is -1.66. The fourth-order valence-electron chi connectivity index (χ4n) is 3.84. The quantitative estimate of drug-likeness (QED) is 0.276. The summed E-state index contributed by atoms with van der Waals surface area (Å²) >= 11 is 0. The van der Waals surface area contributed by atoms with E-state index in [1.165, 1.54) is 0 Å². The molecule has 0 aliphatic carbocycles. The number of rotatable bonds is 11. The van der Waals surface area contributed by atoms with E-state index in [1.807, 2.05) is 0 Å². The van der Waals surface area contributed by atoms with E-state index in [9.17, 15) is 35.4 Å². The maximum Gasteiger partial charge on any atom is 0.184 e. The lowest BCUT2D eigenvalue weighted by atomic mass is 9.98. The molecular weight excluding hydrogens is 444 g/mol. The van der Waals surface area contributed by atoms with E-state index in [1.54, 1.807) is 48.5 Å². The zero-order valence-corrected chi connectivity index (χ0v) is 18.7. The molecular formula is C25H32O9. The summed E-state index contributed by atoms with van der Waals surface area (Å²) in [5, 5.41) is 58.2. The number of carbonyl (C=O) groups excluding carboxylic acids is 1. The van der Waals surface area contributed by atoms with Crippen LogP contribution in [0.4, 0.5) is 0 Å². The average Bonchev–Trinajstić information content (AvgIpc) is 2.83. The third kappa shape index (κ3) is 7.49. The lowest BCUT2D eigenvalue weighted by Gasteiger charge is -2.38. The first-order chi connectivity index (χ1) is 16.2. The summed E-state index contributed by atoms with van der Waals surface area (Å²) in [7, 11) is 0. The van der Waals surface area contributed by atoms with Gasteiger partial charge in [0.2, 0.25) is 0 Å². The second kappa shape index (κ2) is 12.3. The molecule has 6 atom stereocenters. The van der Waals surface area contributed by atoms with E-state index in [0.717, 1.165) is 11.1 Å². The van der Waals surface area contributed by atoms with Crippen LogP contribution >= 0.6 is 0 Å². The minimum Gasteiger partial charge on any atom is -0.508 e. The van der Waals surface area contributed by atoms with Crippen LogP contribution in [0, 0.1) is 0 Å². The van der Waals surface area contributed by atoms with Gasteiger partial charge in [0.25, 0.3) is 0 Å². The molecule has 0 bridgehead atoms. The summed E-state index contributed by atoms with van der Waals surface area (Å²) in [5.41, 5.74) is 1.87. The summed E-state index contributed by atoms with van der Waals surface area (Å²) in [6.07, 6.45) is -5.93. The highest BCUT2D eigenvalue weighted by atomic mass is 16.6. The van der Waals surface area contributed by atoms with Crippen LogP contribution in [-0.2, 0) is 27.1 Å². The van der Waals surface area contributed by atoms with Gasteiger partial charge in [0.1, 0.15) is 41.7 Å². The summed E-state index contributed by atoms with van der Waals surface area (Å²) in [6.45, 7) is -0.187. The number of phenols is 2. The minimum absolute atomic E-state index is 0.0237. The summed E-state index contributed by atoms with van der Waals surface area (Å²) in [6, 6.07) is 13.4. The monoisotopic (exact) mass is 476 g/mol. The Balaban J connectivity index is 1.58. The highest BCUT2D eigenvalue weighted by Crippen LogP contribution is 2.22. The van der Waals surface area contributed by atoms with Crippen molar-refractivity contribution in [2.75, 3.05) is 6.61 Å². The fraction of sp³-hybridized carbons (Fsp3) is 0.480. The van der Waals surface area contributed by atoms with Gasteiger partial charge in [0, 0.05) is 12.8 Å². The largest absolute Gasteiger partial charge is 0.508 e. The average molecular weight is 477 g/mol.